The molecule has 0 aliphatic carbocycles. The molecule has 6 aromatic carbocycles. The molecule has 0 radical (unpaired) electrons. The van der Waals surface area contributed by atoms with Gasteiger partial charge in [-0.15, -0.1) is 17.7 Å². The Balaban J connectivity index is 0.00000514. The van der Waals surface area contributed by atoms with Gasteiger partial charge in [-0.1, -0.05) is 157 Å². The fourth-order valence-corrected chi connectivity index (χ4v) is 10.5. The summed E-state index contributed by atoms with van der Waals surface area (Å²) in [6.45, 7) is 26.7. The smallest absolute Gasteiger partial charge is 0.148 e. The van der Waals surface area contributed by atoms with Crippen molar-refractivity contribution in [2.75, 3.05) is 0 Å². The molecule has 0 saturated carbocycles. The summed E-state index contributed by atoms with van der Waals surface area (Å²) in [6, 6.07) is 38.2. The molecule has 1 aliphatic rings. The number of aromatic hydroxyl groups is 1. The predicted molar refractivity (Wildman–Crippen MR) is 253 cm³/mol. The number of aryl methyl sites for hydroxylation is 3. The maximum absolute atomic E-state index is 12.5. The van der Waals surface area contributed by atoms with Gasteiger partial charge in [-0.05, 0) is 76.2 Å². The largest absolute Gasteiger partial charge is 0.507 e. The van der Waals surface area contributed by atoms with E-state index in [9.17, 15) is 5.11 Å². The molecule has 5 nitrogen and oxygen atoms in total. The number of hydrogen-bond donors (Lipinski definition) is 1. The quantitative estimate of drug-likeness (QED) is 0.138. The molecule has 1 aliphatic heterocycles. The zero-order valence-corrected chi connectivity index (χ0v) is 40.6. The van der Waals surface area contributed by atoms with Gasteiger partial charge in [0.25, 0.3) is 0 Å². The number of imidazole rings is 1. The van der Waals surface area contributed by atoms with Gasteiger partial charge in [0.05, 0.1) is 36.1 Å². The number of pyridine rings is 1. The molecular weight excluding hydrogens is 946 g/mol. The van der Waals surface area contributed by atoms with E-state index in [4.69, 9.17) is 14.7 Å². The number of aromatic nitrogens is 3. The van der Waals surface area contributed by atoms with Crippen molar-refractivity contribution in [3.05, 3.63) is 137 Å². The summed E-state index contributed by atoms with van der Waals surface area (Å²) in [7, 11) is -1.71. The van der Waals surface area contributed by atoms with E-state index in [-0.39, 0.29) is 37.6 Å². The second-order valence-corrected chi connectivity index (χ2v) is 24.9. The van der Waals surface area contributed by atoms with E-state index >= 15 is 0 Å². The number of phenolic OH excluding ortho intramolecular Hbond substituents is 1. The van der Waals surface area contributed by atoms with Gasteiger partial charge in [-0.3, -0.25) is 9.55 Å². The SMILES string of the molecule is Cc1cc(C)c(-n2c(-c3cc(C(C)(C)C)cc(C(C)(C)C)c3O)nc3c(-c4[c-]c5c(c(C)c4)Oc4cccc6c([Si](C)(C)C)cnc-5c46)cccc32)c(-c2ccccc2)c1.[Pt]. The molecule has 0 unspecified atom stereocenters. The third-order valence-electron chi connectivity index (χ3n) is 12.1. The second kappa shape index (κ2) is 15.0. The Morgan fingerprint density at radius 3 is 2.15 bits per heavy atom. The molecular formula is C54H54N3O2PtSi-. The minimum absolute atomic E-state index is 0. The first-order valence-electron chi connectivity index (χ1n) is 21.1. The fraction of sp³-hybridized carbons (Fsp3) is 0.259. The van der Waals surface area contributed by atoms with Crippen molar-refractivity contribution >= 4 is 35.1 Å². The monoisotopic (exact) mass is 999 g/mol. The van der Waals surface area contributed by atoms with Gasteiger partial charge in [0.2, 0.25) is 0 Å². The van der Waals surface area contributed by atoms with Gasteiger partial charge in [-0.25, -0.2) is 4.98 Å². The number of rotatable bonds is 5. The number of phenols is 1. The number of para-hydroxylation sites is 1. The van der Waals surface area contributed by atoms with Gasteiger partial charge < -0.3 is 9.84 Å². The Labute approximate surface area is 376 Å². The summed E-state index contributed by atoms with van der Waals surface area (Å²) >= 11 is 0. The summed E-state index contributed by atoms with van der Waals surface area (Å²) in [5.74, 6) is 2.56. The number of nitrogens with zero attached hydrogens (tertiary/aromatic N) is 3. The summed E-state index contributed by atoms with van der Waals surface area (Å²) in [4.78, 5) is 10.8. The van der Waals surface area contributed by atoms with Crippen molar-refractivity contribution in [1.29, 1.82) is 0 Å². The number of hydrogen-bond acceptors (Lipinski definition) is 4. The maximum atomic E-state index is 12.5. The molecule has 0 bridgehead atoms. The van der Waals surface area contributed by atoms with Crippen molar-refractivity contribution in [1.82, 2.24) is 14.5 Å². The normalized spacial score (nSPS) is 12.7. The van der Waals surface area contributed by atoms with Crippen LogP contribution in [0.15, 0.2) is 103 Å². The minimum Gasteiger partial charge on any atom is -0.507 e. The predicted octanol–water partition coefficient (Wildman–Crippen LogP) is 13.9. The van der Waals surface area contributed by atoms with Gasteiger partial charge >= 0.3 is 0 Å². The first kappa shape index (κ1) is 42.4. The van der Waals surface area contributed by atoms with Crippen molar-refractivity contribution in [2.24, 2.45) is 0 Å². The van der Waals surface area contributed by atoms with Gasteiger partial charge in [0.15, 0.2) is 0 Å². The van der Waals surface area contributed by atoms with Crippen LogP contribution in [0.3, 0.4) is 0 Å². The first-order chi connectivity index (χ1) is 28.3. The fourth-order valence-electron chi connectivity index (χ4n) is 9.02. The zero-order valence-electron chi connectivity index (χ0n) is 37.3. The summed E-state index contributed by atoms with van der Waals surface area (Å²) < 4.78 is 9.02. The van der Waals surface area contributed by atoms with E-state index < -0.39 is 8.07 Å². The van der Waals surface area contributed by atoms with Gasteiger partial charge in [-0.2, -0.15) is 0 Å². The molecule has 1 N–H and O–H groups in total. The van der Waals surface area contributed by atoms with Crippen molar-refractivity contribution in [3.63, 3.8) is 0 Å². The molecule has 7 heteroatoms. The molecule has 3 heterocycles. The molecule has 0 spiro atoms. The average Bonchev–Trinajstić information content (AvgIpc) is 3.56. The molecule has 0 saturated heterocycles. The minimum atomic E-state index is -1.71. The Morgan fingerprint density at radius 1 is 0.738 bits per heavy atom. The average molecular weight is 1000 g/mol. The van der Waals surface area contributed by atoms with E-state index in [1.54, 1.807) is 0 Å². The second-order valence-electron chi connectivity index (χ2n) is 19.8. The van der Waals surface area contributed by atoms with Crippen LogP contribution in [0.5, 0.6) is 17.2 Å². The molecule has 8 aromatic rings. The Morgan fingerprint density at radius 2 is 1.46 bits per heavy atom. The van der Waals surface area contributed by atoms with Crippen LogP contribution in [0.25, 0.3) is 72.4 Å². The molecule has 0 atom stereocenters. The molecule has 2 aromatic heterocycles. The Kier molecular flexibility index (Phi) is 10.4. The zero-order chi connectivity index (χ0) is 42.6. The summed E-state index contributed by atoms with van der Waals surface area (Å²) in [5, 5.41) is 16.0. The molecule has 0 fully saturated rings. The van der Waals surface area contributed by atoms with Crippen LogP contribution in [0.1, 0.15) is 69.4 Å². The first-order valence-corrected chi connectivity index (χ1v) is 24.6. The molecule has 61 heavy (non-hydrogen) atoms. The molecule has 9 rings (SSSR count). The molecule has 312 valence electrons. The van der Waals surface area contributed by atoms with Crippen LogP contribution in [-0.2, 0) is 31.9 Å². The number of fused-ring (bicyclic) bond motifs is 3. The topological polar surface area (TPSA) is 60.2 Å². The van der Waals surface area contributed by atoms with Gasteiger partial charge in [0, 0.05) is 49.5 Å². The van der Waals surface area contributed by atoms with Crippen molar-refractivity contribution in [3.8, 4) is 67.8 Å². The number of benzene rings is 6. The van der Waals surface area contributed by atoms with Crippen LogP contribution in [0, 0.1) is 26.8 Å². The summed E-state index contributed by atoms with van der Waals surface area (Å²) in [5.41, 5.74) is 14.2. The number of ether oxygens (including phenoxy) is 1. The molecule has 0 amide bonds. The summed E-state index contributed by atoms with van der Waals surface area (Å²) in [6.07, 6.45) is 2.09. The van der Waals surface area contributed by atoms with Crippen molar-refractivity contribution in [2.45, 2.75) is 92.8 Å². The maximum Gasteiger partial charge on any atom is 0.148 e. The third-order valence-corrected chi connectivity index (χ3v) is 14.1. The van der Waals surface area contributed by atoms with E-state index in [1.807, 2.05) is 0 Å². The standard InChI is InChI=1S/C54H54N3O2Si.Pt/c1-31-24-32(2)49(39(25-31)34-18-14-13-15-19-34)57-43-22-16-20-37(47(43)56-52(57)41-28-36(53(4,5)6)29-42(50(41)58)54(7,8)9)35-26-33(3)51-40(27-35)48-46-38(21-17-23-44(46)59-51)45(30-55-48)60(10,11)12;/h13-26,28-30,58H,1-12H3;/q-1;. The van der Waals surface area contributed by atoms with E-state index in [1.165, 1.54) is 16.1 Å². The van der Waals surface area contributed by atoms with Crippen LogP contribution in [-0.4, -0.2) is 27.7 Å². The van der Waals surface area contributed by atoms with E-state index in [0.29, 0.717) is 11.4 Å². The van der Waals surface area contributed by atoms with Crippen LogP contribution < -0.4 is 9.92 Å². The van der Waals surface area contributed by atoms with Crippen molar-refractivity contribution < 1.29 is 30.9 Å². The van der Waals surface area contributed by atoms with E-state index in [2.05, 4.69) is 196 Å². The van der Waals surface area contributed by atoms with Crippen LogP contribution in [0.2, 0.25) is 19.6 Å². The van der Waals surface area contributed by atoms with Crippen LogP contribution in [0.4, 0.5) is 0 Å². The Bertz CT molecular complexity index is 3050. The van der Waals surface area contributed by atoms with Gasteiger partial charge in [0.1, 0.15) is 17.3 Å². The van der Waals surface area contributed by atoms with Crippen LogP contribution >= 0.6 is 0 Å². The third kappa shape index (κ3) is 7.16. The Hall–Kier alpha value is -5.29. The van der Waals surface area contributed by atoms with E-state index in [0.717, 1.165) is 89.4 Å².